The minimum atomic E-state index is -1.10. The number of fused-ring (bicyclic) bond motifs is 1. The number of aromatic nitrogens is 3. The molecule has 2 aromatic heterocycles. The quantitative estimate of drug-likeness (QED) is 0.305. The van der Waals surface area contributed by atoms with E-state index in [0.29, 0.717) is 16.9 Å². The molecule has 0 saturated heterocycles. The molecule has 0 bridgehead atoms. The smallest absolute Gasteiger partial charge is 0.147 e. The lowest BCUT2D eigenvalue weighted by Gasteiger charge is -2.15. The molecule has 0 amide bonds. The van der Waals surface area contributed by atoms with Crippen molar-refractivity contribution in [1.29, 1.82) is 0 Å². The fourth-order valence-electron chi connectivity index (χ4n) is 2.57. The molecule has 1 aromatic carbocycles. The highest BCUT2D eigenvalue weighted by molar-refractivity contribution is 6.76. The molecule has 0 aliphatic rings. The van der Waals surface area contributed by atoms with Gasteiger partial charge in [-0.15, -0.1) is 0 Å². The first-order valence-corrected chi connectivity index (χ1v) is 12.6. The van der Waals surface area contributed by atoms with Crippen molar-refractivity contribution in [1.82, 2.24) is 14.5 Å². The van der Waals surface area contributed by atoms with Crippen molar-refractivity contribution in [3.63, 3.8) is 0 Å². The maximum Gasteiger partial charge on any atom is 0.147 e. The Morgan fingerprint density at radius 3 is 2.48 bits per heavy atom. The molecular formula is C18H21Cl2N3OSi. The fraction of sp³-hybridized carbons (Fsp3) is 0.333. The Balaban J connectivity index is 1.92. The number of benzene rings is 1. The van der Waals surface area contributed by atoms with Gasteiger partial charge in [0, 0.05) is 31.5 Å². The Morgan fingerprint density at radius 2 is 1.80 bits per heavy atom. The third-order valence-electron chi connectivity index (χ3n) is 3.99. The summed E-state index contributed by atoms with van der Waals surface area (Å²) in [5.74, 6) is 0. The van der Waals surface area contributed by atoms with Crippen LogP contribution in [0.2, 0.25) is 35.9 Å². The lowest BCUT2D eigenvalue weighted by atomic mass is 10.1. The van der Waals surface area contributed by atoms with Gasteiger partial charge in [-0.2, -0.15) is 0 Å². The highest BCUT2D eigenvalue weighted by atomic mass is 35.5. The Kier molecular flexibility index (Phi) is 5.48. The number of halogens is 2. The minimum absolute atomic E-state index is 0.441. The summed E-state index contributed by atoms with van der Waals surface area (Å²) in [6, 6.07) is 8.80. The first-order valence-electron chi connectivity index (χ1n) is 8.18. The van der Waals surface area contributed by atoms with E-state index in [1.54, 1.807) is 0 Å². The van der Waals surface area contributed by atoms with Crippen molar-refractivity contribution in [2.75, 3.05) is 6.61 Å². The molecule has 25 heavy (non-hydrogen) atoms. The maximum atomic E-state index is 6.35. The molecule has 0 aliphatic carbocycles. The molecule has 7 heteroatoms. The topological polar surface area (TPSA) is 39.9 Å². The first kappa shape index (κ1) is 18.4. The van der Waals surface area contributed by atoms with Gasteiger partial charge in [0.15, 0.2) is 0 Å². The van der Waals surface area contributed by atoms with E-state index >= 15 is 0 Å². The number of ether oxygens (including phenoxy) is 1. The van der Waals surface area contributed by atoms with Crippen molar-refractivity contribution >= 4 is 42.3 Å². The summed E-state index contributed by atoms with van der Waals surface area (Å²) in [6.07, 6.45) is 3.50. The van der Waals surface area contributed by atoms with Gasteiger partial charge in [-0.3, -0.25) is 0 Å². The van der Waals surface area contributed by atoms with Gasteiger partial charge in [0.25, 0.3) is 0 Å². The highest BCUT2D eigenvalue weighted by Gasteiger charge is 2.16. The minimum Gasteiger partial charge on any atom is -0.361 e. The zero-order chi connectivity index (χ0) is 18.0. The lowest BCUT2D eigenvalue weighted by molar-refractivity contribution is 0.0899. The van der Waals surface area contributed by atoms with Crippen LogP contribution < -0.4 is 0 Å². The van der Waals surface area contributed by atoms with Crippen LogP contribution in [0.1, 0.15) is 0 Å². The third-order valence-corrected chi connectivity index (χ3v) is 6.23. The van der Waals surface area contributed by atoms with Crippen LogP contribution in [0.5, 0.6) is 0 Å². The van der Waals surface area contributed by atoms with E-state index in [1.807, 2.05) is 35.0 Å². The molecule has 132 valence electrons. The Bertz CT molecular complexity index is 872. The number of hydrogen-bond acceptors (Lipinski definition) is 3. The molecule has 2 heterocycles. The van der Waals surface area contributed by atoms with Crippen LogP contribution in [0, 0.1) is 0 Å². The molecule has 3 aromatic rings. The van der Waals surface area contributed by atoms with Gasteiger partial charge in [0.05, 0.1) is 5.39 Å². The van der Waals surface area contributed by atoms with Gasteiger partial charge in [0.1, 0.15) is 23.9 Å². The van der Waals surface area contributed by atoms with Crippen molar-refractivity contribution in [3.05, 3.63) is 47.0 Å². The zero-order valence-electron chi connectivity index (χ0n) is 14.6. The molecule has 4 nitrogen and oxygen atoms in total. The van der Waals surface area contributed by atoms with Crippen molar-refractivity contribution in [2.45, 2.75) is 32.4 Å². The second-order valence-corrected chi connectivity index (χ2v) is 13.6. The van der Waals surface area contributed by atoms with Gasteiger partial charge in [0.2, 0.25) is 0 Å². The molecule has 0 fully saturated rings. The highest BCUT2D eigenvalue weighted by Crippen LogP contribution is 2.34. The van der Waals surface area contributed by atoms with Crippen LogP contribution in [-0.4, -0.2) is 29.2 Å². The largest absolute Gasteiger partial charge is 0.361 e. The summed E-state index contributed by atoms with van der Waals surface area (Å²) in [6.45, 7) is 8.22. The summed E-state index contributed by atoms with van der Waals surface area (Å²) in [4.78, 5) is 8.54. The molecule has 0 saturated carbocycles. The van der Waals surface area contributed by atoms with E-state index < -0.39 is 8.07 Å². The van der Waals surface area contributed by atoms with Gasteiger partial charge in [-0.25, -0.2) is 9.97 Å². The SMILES string of the molecule is C[Si](C)(C)CCOCn1cc(-c2ccc(Cl)cc2)c2c(Cl)ncnc21. The maximum absolute atomic E-state index is 6.35. The van der Waals surface area contributed by atoms with Gasteiger partial charge in [-0.05, 0) is 23.7 Å². The molecular weight excluding hydrogens is 373 g/mol. The molecule has 3 rings (SSSR count). The Labute approximate surface area is 158 Å². The summed E-state index contributed by atoms with van der Waals surface area (Å²) in [7, 11) is -1.10. The van der Waals surface area contributed by atoms with E-state index in [9.17, 15) is 0 Å². The summed E-state index contributed by atoms with van der Waals surface area (Å²) >= 11 is 12.4. The van der Waals surface area contributed by atoms with E-state index in [-0.39, 0.29) is 0 Å². The molecule has 0 unspecified atom stereocenters. The summed E-state index contributed by atoms with van der Waals surface area (Å²) in [5.41, 5.74) is 2.77. The molecule has 0 spiro atoms. The molecule has 0 radical (unpaired) electrons. The second-order valence-electron chi connectivity index (χ2n) is 7.23. The van der Waals surface area contributed by atoms with Crippen LogP contribution in [0.4, 0.5) is 0 Å². The number of nitrogens with zero attached hydrogens (tertiary/aromatic N) is 3. The predicted molar refractivity (Wildman–Crippen MR) is 107 cm³/mol. The van der Waals surface area contributed by atoms with Crippen LogP contribution in [0.15, 0.2) is 36.8 Å². The lowest BCUT2D eigenvalue weighted by Crippen LogP contribution is -2.22. The summed E-state index contributed by atoms with van der Waals surface area (Å²) < 4.78 is 7.87. The second kappa shape index (κ2) is 7.46. The molecule has 0 aliphatic heterocycles. The van der Waals surface area contributed by atoms with E-state index in [4.69, 9.17) is 27.9 Å². The van der Waals surface area contributed by atoms with Crippen LogP contribution in [-0.2, 0) is 11.5 Å². The van der Waals surface area contributed by atoms with Gasteiger partial charge in [-0.1, -0.05) is 55.0 Å². The number of rotatable bonds is 6. The molecule has 0 N–H and O–H groups in total. The van der Waals surface area contributed by atoms with Crippen LogP contribution >= 0.6 is 23.2 Å². The van der Waals surface area contributed by atoms with Crippen LogP contribution in [0.3, 0.4) is 0 Å². The third kappa shape index (κ3) is 4.42. The van der Waals surface area contributed by atoms with E-state index in [2.05, 4.69) is 29.6 Å². The average molecular weight is 394 g/mol. The van der Waals surface area contributed by atoms with Crippen molar-refractivity contribution in [2.24, 2.45) is 0 Å². The van der Waals surface area contributed by atoms with Crippen molar-refractivity contribution in [3.8, 4) is 11.1 Å². The van der Waals surface area contributed by atoms with Gasteiger partial charge >= 0.3 is 0 Å². The first-order chi connectivity index (χ1) is 11.8. The summed E-state index contributed by atoms with van der Waals surface area (Å²) in [5, 5.41) is 1.97. The monoisotopic (exact) mass is 393 g/mol. The number of hydrogen-bond donors (Lipinski definition) is 0. The van der Waals surface area contributed by atoms with Crippen molar-refractivity contribution < 1.29 is 4.74 Å². The predicted octanol–water partition coefficient (Wildman–Crippen LogP) is 5.72. The Morgan fingerprint density at radius 1 is 1.08 bits per heavy atom. The van der Waals surface area contributed by atoms with E-state index in [1.165, 1.54) is 6.33 Å². The zero-order valence-corrected chi connectivity index (χ0v) is 17.1. The van der Waals surface area contributed by atoms with Gasteiger partial charge < -0.3 is 9.30 Å². The fourth-order valence-corrected chi connectivity index (χ4v) is 3.69. The normalized spacial score (nSPS) is 12.0. The standard InChI is InChI=1S/C18H21Cl2N3OSi/c1-25(2,3)9-8-24-12-23-10-15(13-4-6-14(19)7-5-13)16-17(20)21-11-22-18(16)23/h4-7,10-11H,8-9,12H2,1-3H3. The van der Waals surface area contributed by atoms with Crippen LogP contribution in [0.25, 0.3) is 22.2 Å². The Hall–Kier alpha value is -1.40. The molecule has 0 atom stereocenters. The van der Waals surface area contributed by atoms with E-state index in [0.717, 1.165) is 34.8 Å². The average Bonchev–Trinajstić information content (AvgIpc) is 2.92.